The van der Waals surface area contributed by atoms with E-state index >= 15 is 0 Å². The molecule has 2 aromatic rings. The van der Waals surface area contributed by atoms with Gasteiger partial charge in [-0.25, -0.2) is 4.98 Å². The molecule has 1 aromatic heterocycles. The monoisotopic (exact) mass is 231 g/mol. The van der Waals surface area contributed by atoms with Crippen molar-refractivity contribution in [3.05, 3.63) is 24.1 Å². The van der Waals surface area contributed by atoms with E-state index in [1.54, 1.807) is 6.92 Å². The molecular weight excluding hydrogens is 225 g/mol. The summed E-state index contributed by atoms with van der Waals surface area (Å²) < 4.78 is 41.8. The molecule has 0 fully saturated rings. The lowest BCUT2D eigenvalue weighted by atomic mass is 10.3. The quantitative estimate of drug-likeness (QED) is 0.736. The van der Waals surface area contributed by atoms with Crippen LogP contribution < -0.4 is 4.18 Å². The van der Waals surface area contributed by atoms with Crippen molar-refractivity contribution in [2.24, 2.45) is 0 Å². The van der Waals surface area contributed by atoms with Crippen LogP contribution in [0.4, 0.5) is 3.89 Å². The van der Waals surface area contributed by atoms with E-state index in [9.17, 15) is 12.3 Å². The molecule has 0 amide bonds. The van der Waals surface area contributed by atoms with Gasteiger partial charge in [-0.15, -0.1) is 0 Å². The summed E-state index contributed by atoms with van der Waals surface area (Å²) in [6, 6.07) is 4.02. The molecule has 15 heavy (non-hydrogen) atoms. The normalized spacial score (nSPS) is 11.9. The molecule has 0 aliphatic carbocycles. The Kier molecular flexibility index (Phi) is 2.11. The van der Waals surface area contributed by atoms with Crippen molar-refractivity contribution in [2.75, 3.05) is 0 Å². The van der Waals surface area contributed by atoms with E-state index in [1.165, 1.54) is 18.2 Å². The van der Waals surface area contributed by atoms with Crippen LogP contribution in [0, 0.1) is 6.92 Å². The predicted octanol–water partition coefficient (Wildman–Crippen LogP) is 1.73. The highest BCUT2D eigenvalue weighted by Crippen LogP contribution is 2.22. The average molecular weight is 231 g/mol. The average Bonchev–Trinajstić information content (AvgIpc) is 2.40. The molecule has 0 unspecified atom stereocenters. The van der Waals surface area contributed by atoms with Crippen LogP contribution in [-0.4, -0.2) is 13.4 Å². The minimum atomic E-state index is -5.00. The third-order valence-corrected chi connectivity index (χ3v) is 2.05. The first-order valence-corrected chi connectivity index (χ1v) is 5.26. The first-order valence-electron chi connectivity index (χ1n) is 3.95. The zero-order valence-corrected chi connectivity index (χ0v) is 8.41. The largest absolute Gasteiger partial charge is 0.488 e. The Bertz CT molecular complexity index is 604. The second-order valence-corrected chi connectivity index (χ2v) is 3.79. The highest BCUT2D eigenvalue weighted by Gasteiger charge is 2.11. The van der Waals surface area contributed by atoms with Crippen LogP contribution in [0.15, 0.2) is 22.6 Å². The zero-order valence-electron chi connectivity index (χ0n) is 7.60. The summed E-state index contributed by atoms with van der Waals surface area (Å²) in [5.41, 5.74) is 0.893. The maximum absolute atomic E-state index is 12.2. The number of rotatable bonds is 2. The molecule has 0 radical (unpaired) electrons. The summed E-state index contributed by atoms with van der Waals surface area (Å²) in [5, 5.41) is 0. The fourth-order valence-electron chi connectivity index (χ4n) is 1.19. The van der Waals surface area contributed by atoms with Crippen molar-refractivity contribution in [1.29, 1.82) is 0 Å². The summed E-state index contributed by atoms with van der Waals surface area (Å²) in [7, 11) is -5.00. The van der Waals surface area contributed by atoms with Crippen molar-refractivity contribution in [3.8, 4) is 5.75 Å². The van der Waals surface area contributed by atoms with Crippen molar-refractivity contribution in [1.82, 2.24) is 4.98 Å². The molecule has 1 heterocycles. The number of fused-ring (bicyclic) bond motifs is 1. The molecule has 0 bridgehead atoms. The van der Waals surface area contributed by atoms with Crippen molar-refractivity contribution in [3.63, 3.8) is 0 Å². The van der Waals surface area contributed by atoms with Crippen LogP contribution in [0.1, 0.15) is 5.89 Å². The van der Waals surface area contributed by atoms with E-state index in [0.29, 0.717) is 17.0 Å². The van der Waals surface area contributed by atoms with E-state index < -0.39 is 10.5 Å². The van der Waals surface area contributed by atoms with Crippen LogP contribution in [-0.2, 0) is 10.5 Å². The molecule has 7 heteroatoms. The lowest BCUT2D eigenvalue weighted by Crippen LogP contribution is -2.00. The Morgan fingerprint density at radius 3 is 2.87 bits per heavy atom. The number of nitrogens with zero attached hydrogens (tertiary/aromatic N) is 1. The van der Waals surface area contributed by atoms with Gasteiger partial charge in [0.15, 0.2) is 11.5 Å². The van der Waals surface area contributed by atoms with Gasteiger partial charge in [-0.3, -0.25) is 0 Å². The van der Waals surface area contributed by atoms with Gasteiger partial charge in [0.2, 0.25) is 0 Å². The van der Waals surface area contributed by atoms with Crippen LogP contribution in [0.3, 0.4) is 0 Å². The number of aromatic nitrogens is 1. The molecule has 80 valence electrons. The lowest BCUT2D eigenvalue weighted by Gasteiger charge is -1.97. The molecule has 2 rings (SSSR count). The smallest absolute Gasteiger partial charge is 0.441 e. The minimum absolute atomic E-state index is 0.140. The summed E-state index contributed by atoms with van der Waals surface area (Å²) in [5.74, 6) is 0.295. The highest BCUT2D eigenvalue weighted by molar-refractivity contribution is 7.81. The van der Waals surface area contributed by atoms with Gasteiger partial charge in [0.05, 0.1) is 0 Å². The van der Waals surface area contributed by atoms with Crippen LogP contribution in [0.2, 0.25) is 0 Å². The van der Waals surface area contributed by atoms with E-state index in [2.05, 4.69) is 9.17 Å². The summed E-state index contributed by atoms with van der Waals surface area (Å²) in [6.07, 6.45) is 0. The van der Waals surface area contributed by atoms with Crippen LogP contribution in [0.25, 0.3) is 11.1 Å². The Morgan fingerprint density at radius 1 is 1.47 bits per heavy atom. The van der Waals surface area contributed by atoms with Crippen molar-refractivity contribution >= 4 is 21.6 Å². The van der Waals surface area contributed by atoms with Crippen molar-refractivity contribution < 1.29 is 20.9 Å². The van der Waals surface area contributed by atoms with E-state index in [-0.39, 0.29) is 5.75 Å². The molecule has 0 N–H and O–H groups in total. The van der Waals surface area contributed by atoms with Gasteiger partial charge in [0, 0.05) is 13.0 Å². The summed E-state index contributed by atoms with van der Waals surface area (Å²) in [6.45, 7) is 1.65. The topological polar surface area (TPSA) is 69.4 Å². The molecule has 5 nitrogen and oxygen atoms in total. The fourth-order valence-corrected chi connectivity index (χ4v) is 1.52. The molecular formula is C8H6FNO4S. The predicted molar refractivity (Wildman–Crippen MR) is 49.4 cm³/mol. The van der Waals surface area contributed by atoms with Gasteiger partial charge in [0.25, 0.3) is 0 Å². The van der Waals surface area contributed by atoms with Gasteiger partial charge in [-0.05, 0) is 12.1 Å². The van der Waals surface area contributed by atoms with Gasteiger partial charge < -0.3 is 8.60 Å². The summed E-state index contributed by atoms with van der Waals surface area (Å²) >= 11 is 0. The maximum atomic E-state index is 12.2. The Balaban J connectivity index is 2.47. The number of oxazole rings is 1. The number of halogens is 1. The maximum Gasteiger partial charge on any atom is 0.488 e. The van der Waals surface area contributed by atoms with Gasteiger partial charge in [-0.1, -0.05) is 3.89 Å². The lowest BCUT2D eigenvalue weighted by molar-refractivity contribution is 0.440. The second-order valence-electron chi connectivity index (χ2n) is 2.84. The van der Waals surface area contributed by atoms with Crippen LogP contribution in [0.5, 0.6) is 5.75 Å². The fraction of sp³-hybridized carbons (Fsp3) is 0.125. The zero-order chi connectivity index (χ0) is 11.1. The molecule has 0 aliphatic rings. The number of hydrogen-bond acceptors (Lipinski definition) is 5. The molecule has 0 saturated carbocycles. The SMILES string of the molecule is Cc1nc2cc(OS(=O)(=O)F)ccc2o1. The third-order valence-electron chi connectivity index (χ3n) is 1.66. The Labute approximate surface area is 84.9 Å². The van der Waals surface area contributed by atoms with Crippen molar-refractivity contribution in [2.45, 2.75) is 6.92 Å². The van der Waals surface area contributed by atoms with Crippen LogP contribution >= 0.6 is 0 Å². The Hall–Kier alpha value is -1.63. The standard InChI is InChI=1S/C8H6FNO4S/c1-5-10-7-4-6(14-15(9,11)12)2-3-8(7)13-5/h2-4H,1H3. The summed E-state index contributed by atoms with van der Waals surface area (Å²) in [4.78, 5) is 3.94. The molecule has 0 saturated heterocycles. The second kappa shape index (κ2) is 3.20. The molecule has 0 spiro atoms. The molecule has 0 aliphatic heterocycles. The highest BCUT2D eigenvalue weighted by atomic mass is 32.3. The Morgan fingerprint density at radius 2 is 2.20 bits per heavy atom. The third kappa shape index (κ3) is 2.24. The van der Waals surface area contributed by atoms with Gasteiger partial charge >= 0.3 is 10.5 Å². The van der Waals surface area contributed by atoms with Gasteiger partial charge in [-0.2, -0.15) is 8.42 Å². The van der Waals surface area contributed by atoms with E-state index in [4.69, 9.17) is 4.42 Å². The molecule has 0 atom stereocenters. The minimum Gasteiger partial charge on any atom is -0.441 e. The number of aryl methyl sites for hydroxylation is 1. The first kappa shape index (κ1) is 9.91. The van der Waals surface area contributed by atoms with E-state index in [1.807, 2.05) is 0 Å². The number of hydrogen-bond donors (Lipinski definition) is 0. The first-order chi connectivity index (χ1) is 6.94. The number of benzene rings is 1. The molecule has 1 aromatic carbocycles. The van der Waals surface area contributed by atoms with Gasteiger partial charge in [0.1, 0.15) is 11.3 Å². The van der Waals surface area contributed by atoms with E-state index in [0.717, 1.165) is 0 Å².